The second-order valence-corrected chi connectivity index (χ2v) is 8.10. The number of hydrogen-bond donors (Lipinski definition) is 0. The van der Waals surface area contributed by atoms with Gasteiger partial charge in [-0.1, -0.05) is 18.2 Å². The molecular weight excluding hydrogens is 433 g/mol. The van der Waals surface area contributed by atoms with Crippen LogP contribution in [0.2, 0.25) is 0 Å². The molecule has 0 N–H and O–H groups in total. The van der Waals surface area contributed by atoms with Gasteiger partial charge in [-0.05, 0) is 85.7 Å². The van der Waals surface area contributed by atoms with Crippen molar-refractivity contribution in [3.8, 4) is 11.5 Å². The van der Waals surface area contributed by atoms with Crippen LogP contribution < -0.4 is 9.47 Å². The number of carbonyl (C=O) groups excluding carboxylic acids is 1. The molecule has 6 heteroatoms. The summed E-state index contributed by atoms with van der Waals surface area (Å²) in [6.07, 6.45) is 7.66. The number of pyridine rings is 1. The van der Waals surface area contributed by atoms with E-state index in [4.69, 9.17) is 14.2 Å². The van der Waals surface area contributed by atoms with Gasteiger partial charge in [-0.3, -0.25) is 4.98 Å². The van der Waals surface area contributed by atoms with Gasteiger partial charge in [0.2, 0.25) is 0 Å². The van der Waals surface area contributed by atoms with Gasteiger partial charge in [-0.2, -0.15) is 0 Å². The van der Waals surface area contributed by atoms with E-state index in [-0.39, 0.29) is 18.5 Å². The van der Waals surface area contributed by atoms with Crippen LogP contribution in [0.4, 0.5) is 4.39 Å². The van der Waals surface area contributed by atoms with Crippen LogP contribution >= 0.6 is 0 Å². The summed E-state index contributed by atoms with van der Waals surface area (Å²) in [6, 6.07) is 15.2. The van der Waals surface area contributed by atoms with Crippen molar-refractivity contribution in [1.29, 1.82) is 0 Å². The highest BCUT2D eigenvalue weighted by Crippen LogP contribution is 2.39. The summed E-state index contributed by atoms with van der Waals surface area (Å²) in [5.74, 6) is 0.409. The molecule has 0 radical (unpaired) electrons. The fourth-order valence-electron chi connectivity index (χ4n) is 4.27. The second kappa shape index (κ2) is 11.0. The summed E-state index contributed by atoms with van der Waals surface area (Å²) >= 11 is 0. The lowest BCUT2D eigenvalue weighted by molar-refractivity contribution is -0.136. The van der Waals surface area contributed by atoms with Crippen molar-refractivity contribution in [1.82, 2.24) is 4.98 Å². The molecular formula is C28H28FNO4. The number of rotatable bonds is 8. The van der Waals surface area contributed by atoms with Crippen molar-refractivity contribution in [3.63, 3.8) is 0 Å². The lowest BCUT2D eigenvalue weighted by Gasteiger charge is -2.20. The van der Waals surface area contributed by atoms with Crippen LogP contribution in [-0.4, -0.2) is 30.8 Å². The molecule has 3 aromatic rings. The quantitative estimate of drug-likeness (QED) is 0.301. The Hall–Kier alpha value is -3.67. The zero-order chi connectivity index (χ0) is 23.9. The van der Waals surface area contributed by atoms with E-state index in [0.29, 0.717) is 33.8 Å². The minimum Gasteiger partial charge on any atom is -0.493 e. The van der Waals surface area contributed by atoms with Crippen LogP contribution in [0.25, 0.3) is 11.1 Å². The predicted molar refractivity (Wildman–Crippen MR) is 129 cm³/mol. The van der Waals surface area contributed by atoms with Crippen molar-refractivity contribution in [3.05, 3.63) is 89.5 Å². The third-order valence-corrected chi connectivity index (χ3v) is 5.88. The zero-order valence-electron chi connectivity index (χ0n) is 19.4. The van der Waals surface area contributed by atoms with Crippen molar-refractivity contribution in [2.45, 2.75) is 38.7 Å². The molecule has 1 heterocycles. The lowest BCUT2D eigenvalue weighted by Crippen LogP contribution is -2.12. The van der Waals surface area contributed by atoms with Crippen molar-refractivity contribution >= 4 is 17.1 Å². The standard InChI is InChI=1S/C28H28FNO4/c1-3-33-28(31)27(20-14-16-30-17-15-20)26(19-8-11-22(29)12-9-19)21-10-13-24(32-2)25(18-21)34-23-6-4-5-7-23/h8-18,23H,3-7H2,1-2H3. The van der Waals surface area contributed by atoms with Gasteiger partial charge in [0.15, 0.2) is 11.5 Å². The van der Waals surface area contributed by atoms with E-state index in [0.717, 1.165) is 31.2 Å². The topological polar surface area (TPSA) is 57.7 Å². The van der Waals surface area contributed by atoms with E-state index in [2.05, 4.69) is 4.98 Å². The minimum atomic E-state index is -0.470. The predicted octanol–water partition coefficient (Wildman–Crippen LogP) is 6.07. The summed E-state index contributed by atoms with van der Waals surface area (Å²) < 4.78 is 31.1. The Balaban J connectivity index is 1.94. The smallest absolute Gasteiger partial charge is 0.339 e. The highest BCUT2D eigenvalue weighted by molar-refractivity contribution is 6.26. The first-order chi connectivity index (χ1) is 16.6. The number of benzene rings is 2. The normalized spacial score (nSPS) is 14.4. The molecule has 0 atom stereocenters. The molecule has 1 aliphatic rings. The first-order valence-electron chi connectivity index (χ1n) is 11.5. The molecule has 0 spiro atoms. The average Bonchev–Trinajstić information content (AvgIpc) is 3.37. The molecule has 0 unspecified atom stereocenters. The number of halogens is 1. The summed E-state index contributed by atoms with van der Waals surface area (Å²) in [7, 11) is 1.61. The van der Waals surface area contributed by atoms with E-state index >= 15 is 0 Å². The number of methoxy groups -OCH3 is 1. The Labute approximate surface area is 199 Å². The maximum absolute atomic E-state index is 13.8. The fourth-order valence-corrected chi connectivity index (χ4v) is 4.27. The van der Waals surface area contributed by atoms with E-state index in [1.807, 2.05) is 18.2 Å². The van der Waals surface area contributed by atoms with Gasteiger partial charge in [0.05, 0.1) is 25.4 Å². The van der Waals surface area contributed by atoms with E-state index < -0.39 is 5.97 Å². The largest absolute Gasteiger partial charge is 0.493 e. The Morgan fingerprint density at radius 1 is 0.941 bits per heavy atom. The zero-order valence-corrected chi connectivity index (χ0v) is 19.4. The molecule has 0 bridgehead atoms. The van der Waals surface area contributed by atoms with Crippen molar-refractivity contribution in [2.75, 3.05) is 13.7 Å². The van der Waals surface area contributed by atoms with Crippen LogP contribution in [0.5, 0.6) is 11.5 Å². The first-order valence-corrected chi connectivity index (χ1v) is 11.5. The number of hydrogen-bond acceptors (Lipinski definition) is 5. The molecule has 1 fully saturated rings. The molecule has 1 saturated carbocycles. The summed E-state index contributed by atoms with van der Waals surface area (Å²) in [5, 5.41) is 0. The Kier molecular flexibility index (Phi) is 7.58. The summed E-state index contributed by atoms with van der Waals surface area (Å²) in [5.41, 5.74) is 3.05. The number of ether oxygens (including phenoxy) is 3. The number of esters is 1. The first kappa shape index (κ1) is 23.5. The van der Waals surface area contributed by atoms with Crippen LogP contribution in [0.1, 0.15) is 49.3 Å². The minimum absolute atomic E-state index is 0.132. The molecule has 5 nitrogen and oxygen atoms in total. The van der Waals surface area contributed by atoms with Crippen LogP contribution in [0.15, 0.2) is 67.0 Å². The molecule has 1 aliphatic carbocycles. The maximum Gasteiger partial charge on any atom is 0.339 e. The molecule has 34 heavy (non-hydrogen) atoms. The highest BCUT2D eigenvalue weighted by Gasteiger charge is 2.24. The summed E-state index contributed by atoms with van der Waals surface area (Å²) in [6.45, 7) is 1.99. The Morgan fingerprint density at radius 3 is 2.26 bits per heavy atom. The molecule has 2 aromatic carbocycles. The molecule has 0 amide bonds. The monoisotopic (exact) mass is 461 g/mol. The van der Waals surface area contributed by atoms with Gasteiger partial charge in [0.25, 0.3) is 0 Å². The second-order valence-electron chi connectivity index (χ2n) is 8.10. The van der Waals surface area contributed by atoms with Crippen LogP contribution in [-0.2, 0) is 9.53 Å². The van der Waals surface area contributed by atoms with Crippen molar-refractivity contribution < 1.29 is 23.4 Å². The van der Waals surface area contributed by atoms with Gasteiger partial charge in [0, 0.05) is 18.0 Å². The molecule has 0 aliphatic heterocycles. The van der Waals surface area contributed by atoms with Gasteiger partial charge < -0.3 is 14.2 Å². The molecule has 4 rings (SSSR count). The molecule has 176 valence electrons. The van der Waals surface area contributed by atoms with Gasteiger partial charge >= 0.3 is 5.97 Å². The highest BCUT2D eigenvalue weighted by atomic mass is 19.1. The SMILES string of the molecule is CCOC(=O)C(=C(c1ccc(F)cc1)c1ccc(OC)c(OC2CCCC2)c1)c1ccncc1. The van der Waals surface area contributed by atoms with Crippen molar-refractivity contribution in [2.24, 2.45) is 0 Å². The van der Waals surface area contributed by atoms with Gasteiger partial charge in [-0.25, -0.2) is 9.18 Å². The third-order valence-electron chi connectivity index (χ3n) is 5.88. The Morgan fingerprint density at radius 2 is 1.62 bits per heavy atom. The average molecular weight is 462 g/mol. The van der Waals surface area contributed by atoms with E-state index in [9.17, 15) is 9.18 Å². The Bertz CT molecular complexity index is 1150. The summed E-state index contributed by atoms with van der Waals surface area (Å²) in [4.78, 5) is 17.3. The van der Waals surface area contributed by atoms with Crippen LogP contribution in [0, 0.1) is 5.82 Å². The lowest BCUT2D eigenvalue weighted by atomic mass is 9.89. The maximum atomic E-state index is 13.8. The third kappa shape index (κ3) is 5.28. The number of nitrogens with zero attached hydrogens (tertiary/aromatic N) is 1. The molecule has 0 saturated heterocycles. The molecule has 1 aromatic heterocycles. The van der Waals surface area contributed by atoms with Gasteiger partial charge in [0.1, 0.15) is 5.82 Å². The number of carbonyl (C=O) groups is 1. The van der Waals surface area contributed by atoms with E-state index in [1.165, 1.54) is 12.1 Å². The fraction of sp³-hybridized carbons (Fsp3) is 0.286. The number of aromatic nitrogens is 1. The van der Waals surface area contributed by atoms with Crippen LogP contribution in [0.3, 0.4) is 0 Å². The van der Waals surface area contributed by atoms with Gasteiger partial charge in [-0.15, -0.1) is 0 Å². The van der Waals surface area contributed by atoms with E-state index in [1.54, 1.807) is 50.7 Å².